The van der Waals surface area contributed by atoms with Crippen LogP contribution in [0.4, 0.5) is 0 Å². The number of methoxy groups -OCH3 is 3. The molecule has 3 N–H and O–H groups in total. The number of carbonyl (C=O) groups excluding carboxylic acids is 5. The van der Waals surface area contributed by atoms with Crippen molar-refractivity contribution in [2.24, 2.45) is 47.3 Å². The second kappa shape index (κ2) is 84.0. The third-order valence-corrected chi connectivity index (χ3v) is 21.1. The molecule has 0 saturated carbocycles. The minimum Gasteiger partial charge on any atom is -0.494 e. The highest BCUT2D eigenvalue weighted by Crippen LogP contribution is 2.25. The molecule has 24 nitrogen and oxygen atoms in total. The lowest BCUT2D eigenvalue weighted by Gasteiger charge is -2.08. The third-order valence-electron chi connectivity index (χ3n) is 21.1. The summed E-state index contributed by atoms with van der Waals surface area (Å²) in [5, 5.41) is 25.4. The number of carboxylic acid groups (broad SMARTS) is 3. The summed E-state index contributed by atoms with van der Waals surface area (Å²) in [4.78, 5) is 85.8. The van der Waals surface area contributed by atoms with E-state index in [1.807, 2.05) is 111 Å². The van der Waals surface area contributed by atoms with Gasteiger partial charge in [-0.05, 0) is 325 Å². The highest BCUT2D eigenvalue weighted by Gasteiger charge is 2.12. The van der Waals surface area contributed by atoms with Crippen molar-refractivity contribution < 1.29 is 115 Å². The molecule has 0 saturated heterocycles. The van der Waals surface area contributed by atoms with E-state index in [1.165, 1.54) is 65.8 Å². The van der Waals surface area contributed by atoms with Crippen molar-refractivity contribution in [2.75, 3.05) is 87.4 Å². The number of carbonyl (C=O) groups is 8. The van der Waals surface area contributed by atoms with E-state index in [0.717, 1.165) is 157 Å². The van der Waals surface area contributed by atoms with Crippen LogP contribution in [-0.2, 0) is 113 Å². The fourth-order valence-electron chi connectivity index (χ4n) is 14.2. The molecular weight excluding hydrogens is 1850 g/mol. The summed E-state index contributed by atoms with van der Waals surface area (Å²) in [6.45, 7) is 43.1. The van der Waals surface area contributed by atoms with E-state index < -0.39 is 17.9 Å². The van der Waals surface area contributed by atoms with E-state index in [1.54, 1.807) is 12.1 Å². The van der Waals surface area contributed by atoms with Gasteiger partial charge in [-0.15, -0.1) is 0 Å². The van der Waals surface area contributed by atoms with E-state index in [0.29, 0.717) is 150 Å². The Balaban J connectivity index is 0.000000836. The fourth-order valence-corrected chi connectivity index (χ4v) is 14.2. The van der Waals surface area contributed by atoms with E-state index in [2.05, 4.69) is 210 Å². The van der Waals surface area contributed by atoms with Gasteiger partial charge in [0, 0.05) is 38.5 Å². The van der Waals surface area contributed by atoms with Crippen molar-refractivity contribution in [3.05, 3.63) is 239 Å². The van der Waals surface area contributed by atoms with Crippen LogP contribution in [0.2, 0.25) is 0 Å². The lowest BCUT2D eigenvalue weighted by atomic mass is 10.0. The van der Waals surface area contributed by atoms with Gasteiger partial charge in [0.05, 0.1) is 74.2 Å². The number of carboxylic acids is 3. The monoisotopic (exact) mass is 2030 g/mol. The number of esters is 5. The molecule has 0 aliphatic rings. The SMILES string of the molecule is CC(C)Cc1ccc(OCC(=O)O)cc1.CC(C)Cc1ccc(OCCCC(=O)O)cc1.CC(C)Cc1ccc(OCCCCC(=O)O)cc1.CCOC(=O)CCCCCCOc1ccc(CC(C)C)cc1.CCOC(=O)CCCCCOc1ccc(CC(C)C)cc1.COC(=O)CCCCOc1ccc(CC(C)C)cc1.COC(=O)CCCOc1ccc(CC(C)C)cc1.COC(=O)COc1ccc(CC(C)C)cc1. The first-order chi connectivity index (χ1) is 69.8. The molecule has 0 aromatic heterocycles. The lowest BCUT2D eigenvalue weighted by Crippen LogP contribution is -2.12. The van der Waals surface area contributed by atoms with Crippen molar-refractivity contribution >= 4 is 47.8 Å². The Labute approximate surface area is 875 Å². The minimum absolute atomic E-state index is 0.0416. The summed E-state index contributed by atoms with van der Waals surface area (Å²) in [6, 6.07) is 64.6. The van der Waals surface area contributed by atoms with Crippen LogP contribution in [0.25, 0.3) is 0 Å². The maximum Gasteiger partial charge on any atom is 0.343 e. The van der Waals surface area contributed by atoms with Crippen LogP contribution in [-0.4, -0.2) is 150 Å². The number of unbranched alkanes of at least 4 members (excludes halogenated alkanes) is 7. The lowest BCUT2D eigenvalue weighted by molar-refractivity contribution is -0.144. The zero-order valence-electron chi connectivity index (χ0n) is 92.2. The number of benzene rings is 8. The Bertz CT molecular complexity index is 4640. The van der Waals surface area contributed by atoms with Crippen molar-refractivity contribution in [1.82, 2.24) is 0 Å². The second-order valence-corrected chi connectivity index (χ2v) is 39.2. The summed E-state index contributed by atoms with van der Waals surface area (Å²) in [5.74, 6) is 8.47. The molecule has 0 heterocycles. The van der Waals surface area contributed by atoms with E-state index in [9.17, 15) is 38.4 Å². The largest absolute Gasteiger partial charge is 0.494 e. The molecule has 0 spiro atoms. The van der Waals surface area contributed by atoms with Crippen LogP contribution in [0.15, 0.2) is 194 Å². The highest BCUT2D eigenvalue weighted by atomic mass is 16.6. The number of rotatable bonds is 61. The molecule has 8 rings (SSSR count). The molecule has 8 aromatic carbocycles. The first kappa shape index (κ1) is 132. The molecule has 146 heavy (non-hydrogen) atoms. The molecule has 0 atom stereocenters. The Morgan fingerprint density at radius 3 is 0.589 bits per heavy atom. The Hall–Kier alpha value is -12.1. The van der Waals surface area contributed by atoms with Crippen molar-refractivity contribution in [3.8, 4) is 46.0 Å². The van der Waals surface area contributed by atoms with Gasteiger partial charge in [0.1, 0.15) is 46.0 Å². The molecule has 24 heteroatoms. The van der Waals surface area contributed by atoms with Crippen LogP contribution in [0.1, 0.15) is 291 Å². The van der Waals surface area contributed by atoms with Gasteiger partial charge in [0.25, 0.3) is 0 Å². The van der Waals surface area contributed by atoms with Gasteiger partial charge in [-0.1, -0.05) is 221 Å². The molecule has 0 radical (unpaired) electrons. The van der Waals surface area contributed by atoms with Gasteiger partial charge in [-0.2, -0.15) is 0 Å². The highest BCUT2D eigenvalue weighted by molar-refractivity contribution is 5.72. The molecule has 0 aliphatic heterocycles. The van der Waals surface area contributed by atoms with Gasteiger partial charge in [0.2, 0.25) is 0 Å². The van der Waals surface area contributed by atoms with Crippen LogP contribution >= 0.6 is 0 Å². The van der Waals surface area contributed by atoms with Gasteiger partial charge >= 0.3 is 47.8 Å². The van der Waals surface area contributed by atoms with E-state index in [-0.39, 0.29) is 55.9 Å². The summed E-state index contributed by atoms with van der Waals surface area (Å²) in [5.41, 5.74) is 10.5. The normalized spacial score (nSPS) is 10.5. The van der Waals surface area contributed by atoms with Gasteiger partial charge < -0.3 is 76.9 Å². The van der Waals surface area contributed by atoms with Crippen LogP contribution < -0.4 is 37.9 Å². The summed E-state index contributed by atoms with van der Waals surface area (Å²) in [7, 11) is 4.16. The fraction of sp³-hybridized carbons (Fsp3) is 0.541. The standard InChI is InChI=1S/C19H30O3.C18H28O3.C16H24O3.2C15H22O3.C14H20O3.C13H18O3.C12H16O3/c1-4-21-19(20)9-7-5-6-8-14-22-18-12-10-17(11-13-18)15-16(2)3;1-4-20-18(19)8-6-5-7-13-21-17-11-9-16(10-12-17)14-15(2)3;1-13(2)12-14-7-9-15(10-8-14)19-11-5-4-6-16(17)18-3;1-12(2)11-13-6-8-14(9-7-13)18-10-4-5-15(16)17-3;1-12(2)11-13-6-8-14(9-7-13)18-10-4-3-5-15(16)17;1-11(2)10-12-5-7-13(8-6-12)17-9-3-4-14(15)16;1-10(2)8-11-4-6-12(7-5-11)16-9-13(14)15-3;1-9(2)7-10-3-5-11(6-4-10)15-8-12(13)14/h10-13,16H,4-9,14-15H2,1-3H3;9-12,15H,4-8,13-14H2,1-3H3;7-10,13H,4-6,11-12H2,1-3H3;6-9,12H,4-5,10-11H2,1-3H3;6-9,12H,3-5,10-11H2,1-2H3,(H,16,17);5-8,11H,3-4,9-10H2,1-2H3,(H,15,16);4-7,10H,8-9H2,1-3H3;3-6,9H,7-8H2,1-2H3,(H,13,14). The van der Waals surface area contributed by atoms with E-state index >= 15 is 0 Å². The average Bonchev–Trinajstić information content (AvgIpc) is 0.943. The Kier molecular flexibility index (Phi) is 75.9. The smallest absolute Gasteiger partial charge is 0.343 e. The second-order valence-electron chi connectivity index (χ2n) is 39.2. The topological polar surface area (TPSA) is 317 Å². The third kappa shape index (κ3) is 77.4. The Morgan fingerprint density at radius 2 is 0.370 bits per heavy atom. The summed E-state index contributed by atoms with van der Waals surface area (Å²) in [6.07, 6.45) is 22.2. The van der Waals surface area contributed by atoms with Crippen molar-refractivity contribution in [2.45, 2.75) is 298 Å². The molecular formula is C122H180O24. The van der Waals surface area contributed by atoms with Crippen LogP contribution in [0.5, 0.6) is 46.0 Å². The predicted molar refractivity (Wildman–Crippen MR) is 584 cm³/mol. The number of aliphatic carboxylic acids is 3. The van der Waals surface area contributed by atoms with Crippen LogP contribution in [0.3, 0.4) is 0 Å². The molecule has 0 aliphatic carbocycles. The number of ether oxygens (including phenoxy) is 13. The van der Waals surface area contributed by atoms with Crippen LogP contribution in [0, 0.1) is 47.3 Å². The maximum absolute atomic E-state index is 11.2. The molecule has 0 fully saturated rings. The molecule has 0 amide bonds. The number of hydrogen-bond donors (Lipinski definition) is 3. The zero-order chi connectivity index (χ0) is 108. The summed E-state index contributed by atoms with van der Waals surface area (Å²) < 4.78 is 67.3. The molecule has 812 valence electrons. The number of hydrogen-bond acceptors (Lipinski definition) is 21. The summed E-state index contributed by atoms with van der Waals surface area (Å²) >= 11 is 0. The quantitative estimate of drug-likeness (QED) is 0.0181. The van der Waals surface area contributed by atoms with Crippen molar-refractivity contribution in [3.63, 3.8) is 0 Å². The van der Waals surface area contributed by atoms with Crippen molar-refractivity contribution in [1.29, 1.82) is 0 Å². The van der Waals surface area contributed by atoms with Gasteiger partial charge in [0.15, 0.2) is 13.2 Å². The van der Waals surface area contributed by atoms with Gasteiger partial charge in [-0.25, -0.2) is 9.59 Å². The Morgan fingerprint density at radius 1 is 0.199 bits per heavy atom. The molecule has 8 aromatic rings. The van der Waals surface area contributed by atoms with E-state index in [4.69, 9.17) is 62.7 Å². The zero-order valence-corrected chi connectivity index (χ0v) is 92.2. The average molecular weight is 2030 g/mol. The predicted octanol–water partition coefficient (Wildman–Crippen LogP) is 27.4. The first-order valence-corrected chi connectivity index (χ1v) is 52.7. The molecule has 0 unspecified atom stereocenters. The minimum atomic E-state index is -0.957. The van der Waals surface area contributed by atoms with Gasteiger partial charge in [-0.3, -0.25) is 28.8 Å². The maximum atomic E-state index is 11.2. The molecule has 0 bridgehead atoms. The first-order valence-electron chi connectivity index (χ1n) is 52.7.